The summed E-state index contributed by atoms with van der Waals surface area (Å²) in [5.41, 5.74) is 0. The summed E-state index contributed by atoms with van der Waals surface area (Å²) in [4.78, 5) is 14.7. The molecule has 2 rings (SSSR count). The molecule has 0 bridgehead atoms. The van der Waals surface area contributed by atoms with E-state index in [1.807, 2.05) is 0 Å². The van der Waals surface area contributed by atoms with Gasteiger partial charge in [-0.2, -0.15) is 0 Å². The zero-order chi connectivity index (χ0) is 13.0. The summed E-state index contributed by atoms with van der Waals surface area (Å²) in [6.07, 6.45) is 5.27. The van der Waals surface area contributed by atoms with Gasteiger partial charge in [-0.05, 0) is 38.0 Å². The minimum absolute atomic E-state index is 0.176. The summed E-state index contributed by atoms with van der Waals surface area (Å²) in [6, 6.07) is 0.436. The number of ether oxygens (including phenoxy) is 1. The molecule has 1 amide bonds. The van der Waals surface area contributed by atoms with Crippen LogP contribution in [0.2, 0.25) is 0 Å². The lowest BCUT2D eigenvalue weighted by Gasteiger charge is -2.34. The van der Waals surface area contributed by atoms with Gasteiger partial charge in [0.25, 0.3) is 0 Å². The molecule has 0 aliphatic carbocycles. The average Bonchev–Trinajstić information content (AvgIpc) is 2.84. The molecule has 2 aliphatic rings. The largest absolute Gasteiger partial charge is 0.381 e. The standard InChI is InChI=1S/C14H24ClNO2/c1-11-10-18-9-6-13(11)14(17)16-8-3-5-12(16)4-2-7-15/h11-13H,2-10H2,1H3. The zero-order valence-electron chi connectivity index (χ0n) is 11.2. The highest BCUT2D eigenvalue weighted by Gasteiger charge is 2.36. The number of rotatable bonds is 4. The smallest absolute Gasteiger partial charge is 0.226 e. The fourth-order valence-corrected chi connectivity index (χ4v) is 3.35. The molecule has 0 aromatic heterocycles. The van der Waals surface area contributed by atoms with E-state index in [-0.39, 0.29) is 5.92 Å². The highest BCUT2D eigenvalue weighted by atomic mass is 35.5. The first-order valence-corrected chi connectivity index (χ1v) is 7.71. The number of carbonyl (C=O) groups excluding carboxylic acids is 1. The van der Waals surface area contributed by atoms with E-state index in [9.17, 15) is 4.79 Å². The molecule has 18 heavy (non-hydrogen) atoms. The van der Waals surface area contributed by atoms with Gasteiger partial charge in [0.15, 0.2) is 0 Å². The zero-order valence-corrected chi connectivity index (χ0v) is 12.0. The van der Waals surface area contributed by atoms with Crippen LogP contribution < -0.4 is 0 Å². The van der Waals surface area contributed by atoms with Crippen LogP contribution in [0.15, 0.2) is 0 Å². The van der Waals surface area contributed by atoms with Crippen LogP contribution >= 0.6 is 11.6 Å². The first-order valence-electron chi connectivity index (χ1n) is 7.18. The summed E-state index contributed by atoms with van der Waals surface area (Å²) < 4.78 is 5.43. The Kier molecular flexibility index (Phi) is 5.31. The van der Waals surface area contributed by atoms with Crippen molar-refractivity contribution in [3.05, 3.63) is 0 Å². The molecular weight excluding hydrogens is 250 g/mol. The highest BCUT2D eigenvalue weighted by molar-refractivity contribution is 6.17. The molecule has 2 aliphatic heterocycles. The topological polar surface area (TPSA) is 29.5 Å². The highest BCUT2D eigenvalue weighted by Crippen LogP contribution is 2.29. The molecule has 2 heterocycles. The van der Waals surface area contributed by atoms with E-state index in [0.717, 1.165) is 51.9 Å². The van der Waals surface area contributed by atoms with Gasteiger partial charge in [0.2, 0.25) is 5.91 Å². The van der Waals surface area contributed by atoms with Crippen LogP contribution in [-0.4, -0.2) is 42.5 Å². The van der Waals surface area contributed by atoms with Crippen molar-refractivity contribution in [1.82, 2.24) is 4.90 Å². The first-order chi connectivity index (χ1) is 8.74. The number of halogens is 1. The van der Waals surface area contributed by atoms with Crippen LogP contribution in [0.4, 0.5) is 0 Å². The van der Waals surface area contributed by atoms with Crippen molar-refractivity contribution in [2.24, 2.45) is 11.8 Å². The first kappa shape index (κ1) is 14.1. The third kappa shape index (κ3) is 3.18. The molecule has 0 aromatic carbocycles. The second kappa shape index (κ2) is 6.76. The third-order valence-corrected chi connectivity index (χ3v) is 4.56. The van der Waals surface area contributed by atoms with Gasteiger partial charge in [0, 0.05) is 37.6 Å². The SMILES string of the molecule is CC1COCCC1C(=O)N1CCCC1CCCCl. The third-order valence-electron chi connectivity index (χ3n) is 4.29. The lowest BCUT2D eigenvalue weighted by atomic mass is 9.88. The van der Waals surface area contributed by atoms with Crippen molar-refractivity contribution in [3.63, 3.8) is 0 Å². The fourth-order valence-electron chi connectivity index (χ4n) is 3.20. The van der Waals surface area contributed by atoms with Gasteiger partial charge in [-0.15, -0.1) is 11.6 Å². The molecule has 3 atom stereocenters. The summed E-state index contributed by atoms with van der Waals surface area (Å²) in [6.45, 7) is 4.54. The predicted octanol–water partition coefficient (Wildman–Crippen LogP) is 2.67. The number of nitrogens with zero attached hydrogens (tertiary/aromatic N) is 1. The van der Waals surface area contributed by atoms with Gasteiger partial charge in [0.05, 0.1) is 0 Å². The Morgan fingerprint density at radius 3 is 3.00 bits per heavy atom. The Morgan fingerprint density at radius 1 is 1.44 bits per heavy atom. The molecule has 2 saturated heterocycles. The van der Waals surface area contributed by atoms with Crippen molar-refractivity contribution < 1.29 is 9.53 Å². The van der Waals surface area contributed by atoms with Crippen LogP contribution in [0, 0.1) is 11.8 Å². The second-order valence-electron chi connectivity index (χ2n) is 5.61. The maximum absolute atomic E-state index is 12.6. The van der Waals surface area contributed by atoms with Crippen LogP contribution in [-0.2, 0) is 9.53 Å². The van der Waals surface area contributed by atoms with Gasteiger partial charge in [0.1, 0.15) is 0 Å². The molecule has 3 unspecified atom stereocenters. The Morgan fingerprint density at radius 2 is 2.28 bits per heavy atom. The van der Waals surface area contributed by atoms with Crippen LogP contribution in [0.5, 0.6) is 0 Å². The minimum atomic E-state index is 0.176. The lowest BCUT2D eigenvalue weighted by Crippen LogP contribution is -2.44. The Labute approximate surface area is 115 Å². The molecule has 2 fully saturated rings. The van der Waals surface area contributed by atoms with Crippen LogP contribution in [0.3, 0.4) is 0 Å². The normalized spacial score (nSPS) is 32.8. The number of alkyl halides is 1. The van der Waals surface area contributed by atoms with E-state index >= 15 is 0 Å². The second-order valence-corrected chi connectivity index (χ2v) is 5.98. The average molecular weight is 274 g/mol. The van der Waals surface area contributed by atoms with Crippen LogP contribution in [0.1, 0.15) is 39.0 Å². The van der Waals surface area contributed by atoms with Crippen molar-refractivity contribution in [2.75, 3.05) is 25.6 Å². The number of hydrogen-bond acceptors (Lipinski definition) is 2. The lowest BCUT2D eigenvalue weighted by molar-refractivity contribution is -0.142. The van der Waals surface area contributed by atoms with Crippen molar-refractivity contribution >= 4 is 17.5 Å². The number of amides is 1. The summed E-state index contributed by atoms with van der Waals surface area (Å²) >= 11 is 5.76. The minimum Gasteiger partial charge on any atom is -0.381 e. The summed E-state index contributed by atoms with van der Waals surface area (Å²) in [5.74, 6) is 1.60. The Balaban J connectivity index is 1.94. The van der Waals surface area contributed by atoms with Gasteiger partial charge in [-0.1, -0.05) is 6.92 Å². The molecule has 104 valence electrons. The van der Waals surface area contributed by atoms with Crippen molar-refractivity contribution in [1.29, 1.82) is 0 Å². The van der Waals surface area contributed by atoms with Gasteiger partial charge >= 0.3 is 0 Å². The van der Waals surface area contributed by atoms with Gasteiger partial charge in [-0.3, -0.25) is 4.79 Å². The van der Waals surface area contributed by atoms with Crippen molar-refractivity contribution in [3.8, 4) is 0 Å². The Hall–Kier alpha value is -0.280. The van der Waals surface area contributed by atoms with E-state index < -0.39 is 0 Å². The molecule has 0 N–H and O–H groups in total. The Bertz CT molecular complexity index is 285. The molecule has 0 spiro atoms. The molecule has 3 nitrogen and oxygen atoms in total. The number of hydrogen-bond donors (Lipinski definition) is 0. The quantitative estimate of drug-likeness (QED) is 0.737. The summed E-state index contributed by atoms with van der Waals surface area (Å²) in [5, 5.41) is 0. The van der Waals surface area contributed by atoms with Gasteiger partial charge in [-0.25, -0.2) is 0 Å². The van der Waals surface area contributed by atoms with E-state index in [1.54, 1.807) is 0 Å². The maximum Gasteiger partial charge on any atom is 0.226 e. The van der Waals surface area contributed by atoms with E-state index in [2.05, 4.69) is 11.8 Å². The molecule has 4 heteroatoms. The molecule has 0 aromatic rings. The predicted molar refractivity (Wildman–Crippen MR) is 72.8 cm³/mol. The molecular formula is C14H24ClNO2. The fraction of sp³-hybridized carbons (Fsp3) is 0.929. The number of carbonyl (C=O) groups is 1. The van der Waals surface area contributed by atoms with E-state index in [4.69, 9.17) is 16.3 Å². The number of likely N-dealkylation sites (tertiary alicyclic amines) is 1. The molecule has 0 saturated carbocycles. The van der Waals surface area contributed by atoms with Gasteiger partial charge < -0.3 is 9.64 Å². The molecule has 0 radical (unpaired) electrons. The van der Waals surface area contributed by atoms with Crippen LogP contribution in [0.25, 0.3) is 0 Å². The van der Waals surface area contributed by atoms with E-state index in [1.165, 1.54) is 0 Å². The summed E-state index contributed by atoms with van der Waals surface area (Å²) in [7, 11) is 0. The monoisotopic (exact) mass is 273 g/mol. The van der Waals surface area contributed by atoms with Crippen molar-refractivity contribution in [2.45, 2.75) is 45.1 Å². The maximum atomic E-state index is 12.6. The van der Waals surface area contributed by atoms with E-state index in [0.29, 0.717) is 23.7 Å².